The van der Waals surface area contributed by atoms with Crippen molar-refractivity contribution >= 4 is 11.8 Å². The van der Waals surface area contributed by atoms with Gasteiger partial charge in [-0.1, -0.05) is 36.4 Å². The monoisotopic (exact) mass is 454 g/mol. The SMILES string of the molecule is CN1CNn2cc(C(=O)NCc3ccc(F)cc3F)c(=O)c(OCc3ccccc3)c2C1=O. The maximum atomic E-state index is 13.9. The zero-order valence-electron chi connectivity index (χ0n) is 17.6. The Kier molecular flexibility index (Phi) is 6.07. The third-order valence-corrected chi connectivity index (χ3v) is 5.12. The molecule has 0 atom stereocenters. The van der Waals surface area contributed by atoms with Crippen LogP contribution in [0.25, 0.3) is 0 Å². The molecule has 2 amide bonds. The van der Waals surface area contributed by atoms with E-state index in [0.717, 1.165) is 11.6 Å². The fourth-order valence-corrected chi connectivity index (χ4v) is 3.31. The largest absolute Gasteiger partial charge is 0.482 e. The molecule has 2 aromatic carbocycles. The van der Waals surface area contributed by atoms with E-state index in [0.29, 0.717) is 6.07 Å². The van der Waals surface area contributed by atoms with Crippen molar-refractivity contribution in [2.75, 3.05) is 19.1 Å². The number of rotatable bonds is 6. The van der Waals surface area contributed by atoms with Crippen molar-refractivity contribution in [2.45, 2.75) is 13.2 Å². The normalized spacial score (nSPS) is 12.7. The Labute approximate surface area is 187 Å². The first-order valence-corrected chi connectivity index (χ1v) is 10.0. The molecule has 33 heavy (non-hydrogen) atoms. The number of aromatic nitrogens is 1. The van der Waals surface area contributed by atoms with Crippen molar-refractivity contribution in [3.05, 3.63) is 99.0 Å². The molecular weight excluding hydrogens is 434 g/mol. The molecule has 0 saturated carbocycles. The van der Waals surface area contributed by atoms with E-state index in [1.807, 2.05) is 6.07 Å². The summed E-state index contributed by atoms with van der Waals surface area (Å²) < 4.78 is 34.0. The first kappa shape index (κ1) is 22.0. The molecule has 0 spiro atoms. The van der Waals surface area contributed by atoms with Gasteiger partial charge >= 0.3 is 0 Å². The molecule has 0 fully saturated rings. The Morgan fingerprint density at radius 1 is 1.15 bits per heavy atom. The van der Waals surface area contributed by atoms with E-state index in [1.54, 1.807) is 31.3 Å². The Morgan fingerprint density at radius 2 is 1.91 bits per heavy atom. The van der Waals surface area contributed by atoms with Gasteiger partial charge < -0.3 is 20.4 Å². The van der Waals surface area contributed by atoms with Gasteiger partial charge in [0.2, 0.25) is 5.43 Å². The van der Waals surface area contributed by atoms with Crippen LogP contribution in [0.2, 0.25) is 0 Å². The lowest BCUT2D eigenvalue weighted by Gasteiger charge is -2.29. The molecule has 2 heterocycles. The highest BCUT2D eigenvalue weighted by Crippen LogP contribution is 2.20. The molecule has 0 unspecified atom stereocenters. The van der Waals surface area contributed by atoms with Gasteiger partial charge in [-0.2, -0.15) is 0 Å². The second-order valence-corrected chi connectivity index (χ2v) is 7.43. The molecule has 10 heteroatoms. The number of amides is 2. The number of fused-ring (bicyclic) bond motifs is 1. The summed E-state index contributed by atoms with van der Waals surface area (Å²) in [7, 11) is 1.56. The minimum atomic E-state index is -0.820. The third kappa shape index (κ3) is 4.54. The molecule has 0 saturated heterocycles. The molecule has 0 aliphatic carbocycles. The topological polar surface area (TPSA) is 92.7 Å². The van der Waals surface area contributed by atoms with Crippen molar-refractivity contribution in [2.24, 2.45) is 0 Å². The van der Waals surface area contributed by atoms with Gasteiger partial charge in [-0.25, -0.2) is 8.78 Å². The number of ether oxygens (including phenoxy) is 1. The van der Waals surface area contributed by atoms with Gasteiger partial charge in [-0.15, -0.1) is 0 Å². The molecule has 8 nitrogen and oxygen atoms in total. The van der Waals surface area contributed by atoms with Crippen LogP contribution < -0.4 is 20.9 Å². The lowest BCUT2D eigenvalue weighted by molar-refractivity contribution is 0.0758. The Morgan fingerprint density at radius 3 is 2.64 bits per heavy atom. The number of nitrogens with one attached hydrogen (secondary N) is 2. The van der Waals surface area contributed by atoms with Crippen LogP contribution in [0.4, 0.5) is 8.78 Å². The van der Waals surface area contributed by atoms with Gasteiger partial charge in [0.25, 0.3) is 11.8 Å². The minimum Gasteiger partial charge on any atom is -0.482 e. The molecular formula is C23H20F2N4O4. The van der Waals surface area contributed by atoms with E-state index in [1.165, 1.54) is 21.8 Å². The van der Waals surface area contributed by atoms with Crippen molar-refractivity contribution < 1.29 is 23.1 Å². The fourth-order valence-electron chi connectivity index (χ4n) is 3.31. The molecule has 0 bridgehead atoms. The highest BCUT2D eigenvalue weighted by atomic mass is 19.1. The van der Waals surface area contributed by atoms with Crippen LogP contribution >= 0.6 is 0 Å². The number of benzene rings is 2. The average Bonchev–Trinajstić information content (AvgIpc) is 2.80. The number of hydrogen-bond donors (Lipinski definition) is 2. The van der Waals surface area contributed by atoms with Crippen LogP contribution in [0.1, 0.15) is 32.0 Å². The van der Waals surface area contributed by atoms with Crippen LogP contribution in [-0.2, 0) is 13.2 Å². The Hall–Kier alpha value is -4.21. The molecule has 1 aromatic heterocycles. The van der Waals surface area contributed by atoms with Crippen molar-refractivity contribution in [1.29, 1.82) is 0 Å². The van der Waals surface area contributed by atoms with E-state index >= 15 is 0 Å². The predicted molar refractivity (Wildman–Crippen MR) is 115 cm³/mol. The summed E-state index contributed by atoms with van der Waals surface area (Å²) in [6.45, 7) is -0.109. The molecule has 3 aromatic rings. The molecule has 2 N–H and O–H groups in total. The highest BCUT2D eigenvalue weighted by Gasteiger charge is 2.30. The molecule has 0 radical (unpaired) electrons. The third-order valence-electron chi connectivity index (χ3n) is 5.12. The van der Waals surface area contributed by atoms with Gasteiger partial charge in [-0.05, 0) is 11.6 Å². The summed E-state index contributed by atoms with van der Waals surface area (Å²) in [5.41, 5.74) is 2.62. The van der Waals surface area contributed by atoms with Gasteiger partial charge in [-0.3, -0.25) is 19.1 Å². The number of nitrogens with zero attached hydrogens (tertiary/aromatic N) is 2. The van der Waals surface area contributed by atoms with Crippen LogP contribution in [0.3, 0.4) is 0 Å². The summed E-state index contributed by atoms with van der Waals surface area (Å²) in [6, 6.07) is 12.0. The van der Waals surface area contributed by atoms with E-state index in [9.17, 15) is 23.2 Å². The van der Waals surface area contributed by atoms with Gasteiger partial charge in [0.05, 0.1) is 0 Å². The fraction of sp³-hybridized carbons (Fsp3) is 0.174. The summed E-state index contributed by atoms with van der Waals surface area (Å²) >= 11 is 0. The first-order chi connectivity index (χ1) is 15.8. The molecule has 1 aliphatic heterocycles. The lowest BCUT2D eigenvalue weighted by atomic mass is 10.1. The number of halogens is 2. The van der Waals surface area contributed by atoms with Crippen molar-refractivity contribution in [3.63, 3.8) is 0 Å². The molecule has 170 valence electrons. The number of pyridine rings is 1. The van der Waals surface area contributed by atoms with Gasteiger partial charge in [0.15, 0.2) is 11.4 Å². The van der Waals surface area contributed by atoms with Crippen LogP contribution in [0.5, 0.6) is 5.75 Å². The molecule has 4 rings (SSSR count). The smallest absolute Gasteiger partial charge is 0.277 e. The van der Waals surface area contributed by atoms with Crippen LogP contribution in [0, 0.1) is 11.6 Å². The second-order valence-electron chi connectivity index (χ2n) is 7.43. The highest BCUT2D eigenvalue weighted by molar-refractivity contribution is 5.99. The van der Waals surface area contributed by atoms with E-state index in [-0.39, 0.29) is 42.4 Å². The second kappa shape index (κ2) is 9.11. The number of carbonyl (C=O) groups is 2. The minimum absolute atomic E-state index is 0.00589. The summed E-state index contributed by atoms with van der Waals surface area (Å²) in [5, 5.41) is 2.45. The van der Waals surface area contributed by atoms with Crippen molar-refractivity contribution in [1.82, 2.24) is 14.9 Å². The summed E-state index contributed by atoms with van der Waals surface area (Å²) in [5.74, 6) is -3.08. The summed E-state index contributed by atoms with van der Waals surface area (Å²) in [6.07, 6.45) is 1.20. The van der Waals surface area contributed by atoms with Crippen molar-refractivity contribution in [3.8, 4) is 5.75 Å². The zero-order valence-corrected chi connectivity index (χ0v) is 17.6. The number of hydrogen-bond acceptors (Lipinski definition) is 5. The van der Waals surface area contributed by atoms with E-state index in [2.05, 4.69) is 10.7 Å². The lowest BCUT2D eigenvalue weighted by Crippen LogP contribution is -2.45. The number of carbonyl (C=O) groups excluding carboxylic acids is 2. The van der Waals surface area contributed by atoms with Crippen LogP contribution in [-0.4, -0.2) is 35.1 Å². The van der Waals surface area contributed by atoms with E-state index < -0.39 is 28.9 Å². The average molecular weight is 454 g/mol. The van der Waals surface area contributed by atoms with Crippen LogP contribution in [0.15, 0.2) is 59.5 Å². The maximum Gasteiger partial charge on any atom is 0.277 e. The Balaban J connectivity index is 1.66. The summed E-state index contributed by atoms with van der Waals surface area (Å²) in [4.78, 5) is 40.0. The Bertz CT molecular complexity index is 1280. The zero-order chi connectivity index (χ0) is 23.5. The van der Waals surface area contributed by atoms with E-state index in [4.69, 9.17) is 4.74 Å². The maximum absolute atomic E-state index is 13.9. The standard InChI is InChI=1S/C23H20F2N4O4/c1-28-13-27-29-11-17(22(31)26-10-15-7-8-16(24)9-18(15)25)20(30)21(19(29)23(28)32)33-12-14-5-3-2-4-6-14/h2-9,11,27H,10,12-13H2,1H3,(H,26,31). The molecule has 1 aliphatic rings. The van der Waals surface area contributed by atoms with Gasteiger partial charge in [0, 0.05) is 31.4 Å². The van der Waals surface area contributed by atoms with Gasteiger partial charge in [0.1, 0.15) is 30.5 Å². The predicted octanol–water partition coefficient (Wildman–Crippen LogP) is 2.22. The first-order valence-electron chi connectivity index (χ1n) is 10.0. The quantitative estimate of drug-likeness (QED) is 0.596.